The lowest BCUT2D eigenvalue weighted by Crippen LogP contribution is -2.35. The molecule has 1 aliphatic heterocycles. The fraction of sp³-hybridized carbons (Fsp3) is 0.333. The van der Waals surface area contributed by atoms with Gasteiger partial charge in [0.2, 0.25) is 10.0 Å². The summed E-state index contributed by atoms with van der Waals surface area (Å²) in [6.45, 7) is 2.25. The van der Waals surface area contributed by atoms with Crippen molar-refractivity contribution >= 4 is 33.3 Å². The van der Waals surface area contributed by atoms with Crippen LogP contribution in [0.2, 0.25) is 0 Å². The van der Waals surface area contributed by atoms with Crippen molar-refractivity contribution in [1.82, 2.24) is 4.31 Å². The number of benzene rings is 2. The van der Waals surface area contributed by atoms with Crippen LogP contribution in [0.3, 0.4) is 0 Å². The van der Waals surface area contributed by atoms with Gasteiger partial charge in [-0.1, -0.05) is 12.5 Å². The Labute approximate surface area is 185 Å². The predicted octanol–water partition coefficient (Wildman–Crippen LogP) is 2.95. The molecule has 2 aromatic carbocycles. The molecule has 1 atom stereocenters. The van der Waals surface area contributed by atoms with Gasteiger partial charge in [-0.15, -0.1) is 0 Å². The first-order valence-electron chi connectivity index (χ1n) is 10.0. The van der Waals surface area contributed by atoms with E-state index in [2.05, 4.69) is 5.32 Å². The van der Waals surface area contributed by atoms with E-state index in [1.165, 1.54) is 59.8 Å². The van der Waals surface area contributed by atoms with Crippen LogP contribution in [-0.4, -0.2) is 48.7 Å². The largest absolute Gasteiger partial charge is 0.449 e. The van der Waals surface area contributed by atoms with Gasteiger partial charge in [0.25, 0.3) is 11.6 Å². The number of sulfonamides is 1. The molecule has 0 aromatic heterocycles. The monoisotopic (exact) mass is 461 g/mol. The number of carbonyl (C=O) groups is 2. The number of nitrogens with one attached hydrogen (secondary N) is 1. The van der Waals surface area contributed by atoms with Gasteiger partial charge in [0.15, 0.2) is 6.10 Å². The van der Waals surface area contributed by atoms with E-state index in [1.54, 1.807) is 0 Å². The van der Waals surface area contributed by atoms with Crippen LogP contribution in [0.4, 0.5) is 11.4 Å². The van der Waals surface area contributed by atoms with Crippen molar-refractivity contribution in [1.29, 1.82) is 0 Å². The van der Waals surface area contributed by atoms with Crippen molar-refractivity contribution in [3.63, 3.8) is 0 Å². The molecule has 1 unspecified atom stereocenters. The summed E-state index contributed by atoms with van der Waals surface area (Å²) in [4.78, 5) is 34.9. The Morgan fingerprint density at radius 3 is 2.38 bits per heavy atom. The van der Waals surface area contributed by atoms with E-state index >= 15 is 0 Å². The summed E-state index contributed by atoms with van der Waals surface area (Å²) in [5.74, 6) is -1.48. The standard InChI is InChI=1S/C21H23N3O7S/c1-15(20(25)22-17-8-10-18(11-9-17)24(27)28)31-21(26)16-6-5-7-19(14-16)32(29,30)23-12-3-2-4-13-23/h5-11,14-15H,2-4,12-13H2,1H3,(H,22,25). The lowest BCUT2D eigenvalue weighted by atomic mass is 10.2. The molecule has 32 heavy (non-hydrogen) atoms. The summed E-state index contributed by atoms with van der Waals surface area (Å²) in [6.07, 6.45) is 1.39. The first-order valence-corrected chi connectivity index (χ1v) is 11.5. The molecular weight excluding hydrogens is 438 g/mol. The molecule has 2 aromatic rings. The highest BCUT2D eigenvalue weighted by atomic mass is 32.2. The number of nitro groups is 1. The van der Waals surface area contributed by atoms with Gasteiger partial charge in [0.1, 0.15) is 0 Å². The van der Waals surface area contributed by atoms with E-state index in [1.807, 2.05) is 0 Å². The van der Waals surface area contributed by atoms with Gasteiger partial charge in [0, 0.05) is 30.9 Å². The first-order chi connectivity index (χ1) is 15.2. The van der Waals surface area contributed by atoms with Crippen LogP contribution in [-0.2, 0) is 19.6 Å². The number of amides is 1. The molecular formula is C21H23N3O7S. The number of esters is 1. The highest BCUT2D eigenvalue weighted by Gasteiger charge is 2.27. The number of anilines is 1. The minimum absolute atomic E-state index is 0.00293. The summed E-state index contributed by atoms with van der Waals surface area (Å²) >= 11 is 0. The Morgan fingerprint density at radius 1 is 1.09 bits per heavy atom. The van der Waals surface area contributed by atoms with E-state index in [0.717, 1.165) is 19.3 Å². The van der Waals surface area contributed by atoms with E-state index in [0.29, 0.717) is 18.8 Å². The second-order valence-electron chi connectivity index (χ2n) is 7.33. The Bertz CT molecular complexity index is 1110. The van der Waals surface area contributed by atoms with Gasteiger partial charge in [-0.25, -0.2) is 13.2 Å². The molecule has 1 amide bonds. The fourth-order valence-electron chi connectivity index (χ4n) is 3.23. The summed E-state index contributed by atoms with van der Waals surface area (Å²) in [7, 11) is -3.71. The molecule has 0 radical (unpaired) electrons. The average Bonchev–Trinajstić information content (AvgIpc) is 2.80. The number of nitro benzene ring substituents is 1. The predicted molar refractivity (Wildman–Crippen MR) is 116 cm³/mol. The summed E-state index contributed by atoms with van der Waals surface area (Å²) in [5.41, 5.74) is 0.193. The molecule has 11 heteroatoms. The maximum atomic E-state index is 12.8. The van der Waals surface area contributed by atoms with E-state index in [9.17, 15) is 28.1 Å². The van der Waals surface area contributed by atoms with E-state index in [-0.39, 0.29) is 16.1 Å². The highest BCUT2D eigenvalue weighted by Crippen LogP contribution is 2.22. The van der Waals surface area contributed by atoms with Crippen LogP contribution >= 0.6 is 0 Å². The molecule has 0 bridgehead atoms. The number of hydrogen-bond donors (Lipinski definition) is 1. The third-order valence-electron chi connectivity index (χ3n) is 5.02. The lowest BCUT2D eigenvalue weighted by molar-refractivity contribution is -0.384. The Morgan fingerprint density at radius 2 is 1.75 bits per heavy atom. The van der Waals surface area contributed by atoms with E-state index in [4.69, 9.17) is 4.74 Å². The Balaban J connectivity index is 1.65. The third-order valence-corrected chi connectivity index (χ3v) is 6.92. The second-order valence-corrected chi connectivity index (χ2v) is 9.27. The lowest BCUT2D eigenvalue weighted by Gasteiger charge is -2.26. The third kappa shape index (κ3) is 5.48. The van der Waals surface area contributed by atoms with Crippen molar-refractivity contribution < 1.29 is 27.7 Å². The molecule has 1 saturated heterocycles. The Kier molecular flexibility index (Phi) is 7.21. The second kappa shape index (κ2) is 9.88. The van der Waals surface area contributed by atoms with Crippen LogP contribution in [0.25, 0.3) is 0 Å². The molecule has 1 fully saturated rings. The number of nitrogens with zero attached hydrogens (tertiary/aromatic N) is 2. The van der Waals surface area contributed by atoms with Crippen molar-refractivity contribution in [3.05, 3.63) is 64.2 Å². The molecule has 3 rings (SSSR count). The van der Waals surface area contributed by atoms with Gasteiger partial charge >= 0.3 is 5.97 Å². The molecule has 0 spiro atoms. The molecule has 1 aliphatic rings. The van der Waals surface area contributed by atoms with E-state index < -0.39 is 32.9 Å². The average molecular weight is 461 g/mol. The van der Waals surface area contributed by atoms with Crippen molar-refractivity contribution in [3.8, 4) is 0 Å². The zero-order chi connectivity index (χ0) is 23.3. The molecule has 10 nitrogen and oxygen atoms in total. The smallest absolute Gasteiger partial charge is 0.338 e. The molecule has 0 aliphatic carbocycles. The van der Waals surface area contributed by atoms with Crippen LogP contribution in [0.1, 0.15) is 36.5 Å². The zero-order valence-electron chi connectivity index (χ0n) is 17.4. The number of hydrogen-bond acceptors (Lipinski definition) is 7. The maximum absolute atomic E-state index is 12.8. The summed E-state index contributed by atoms with van der Waals surface area (Å²) in [5, 5.41) is 13.2. The Hall–Kier alpha value is -3.31. The summed E-state index contributed by atoms with van der Waals surface area (Å²) < 4.78 is 32.2. The molecule has 0 saturated carbocycles. The topological polar surface area (TPSA) is 136 Å². The normalized spacial score (nSPS) is 15.5. The number of ether oxygens (including phenoxy) is 1. The summed E-state index contributed by atoms with van der Waals surface area (Å²) in [6, 6.07) is 10.7. The van der Waals surface area contributed by atoms with Crippen LogP contribution in [0, 0.1) is 10.1 Å². The van der Waals surface area contributed by atoms with Crippen LogP contribution < -0.4 is 5.32 Å². The van der Waals surface area contributed by atoms with Crippen LogP contribution in [0.15, 0.2) is 53.4 Å². The number of piperidine rings is 1. The molecule has 170 valence electrons. The highest BCUT2D eigenvalue weighted by molar-refractivity contribution is 7.89. The SMILES string of the molecule is CC(OC(=O)c1cccc(S(=O)(=O)N2CCCCC2)c1)C(=O)Nc1ccc([N+](=O)[O-])cc1. The van der Waals surface area contributed by atoms with Gasteiger partial charge in [0.05, 0.1) is 15.4 Å². The van der Waals surface area contributed by atoms with Gasteiger partial charge in [-0.2, -0.15) is 4.31 Å². The molecule has 1 heterocycles. The number of carbonyl (C=O) groups excluding carboxylic acids is 2. The number of non-ortho nitro benzene ring substituents is 1. The first kappa shape index (κ1) is 23.4. The zero-order valence-corrected chi connectivity index (χ0v) is 18.2. The van der Waals surface area contributed by atoms with Crippen molar-refractivity contribution in [2.45, 2.75) is 37.2 Å². The van der Waals surface area contributed by atoms with Gasteiger partial charge in [-0.05, 0) is 50.1 Å². The fourth-order valence-corrected chi connectivity index (χ4v) is 4.79. The van der Waals surface area contributed by atoms with Crippen molar-refractivity contribution in [2.75, 3.05) is 18.4 Å². The van der Waals surface area contributed by atoms with Crippen molar-refractivity contribution in [2.24, 2.45) is 0 Å². The number of rotatable bonds is 7. The minimum atomic E-state index is -3.71. The van der Waals surface area contributed by atoms with Gasteiger partial charge in [-0.3, -0.25) is 14.9 Å². The maximum Gasteiger partial charge on any atom is 0.338 e. The quantitative estimate of drug-likeness (QED) is 0.380. The molecule has 1 N–H and O–H groups in total. The minimum Gasteiger partial charge on any atom is -0.449 e. The van der Waals surface area contributed by atoms with Gasteiger partial charge < -0.3 is 10.1 Å². The van der Waals surface area contributed by atoms with Crippen LogP contribution in [0.5, 0.6) is 0 Å².